The third-order valence-corrected chi connectivity index (χ3v) is 8.12. The van der Waals surface area contributed by atoms with Gasteiger partial charge in [-0.2, -0.15) is 13.5 Å². The van der Waals surface area contributed by atoms with Crippen LogP contribution in [0.1, 0.15) is 27.0 Å². The number of aromatic nitrogens is 5. The zero-order valence-electron chi connectivity index (χ0n) is 24.3. The molecule has 13 heteroatoms. The zero-order chi connectivity index (χ0) is 31.7. The number of amides is 1. The fourth-order valence-corrected chi connectivity index (χ4v) is 5.71. The minimum atomic E-state index is -4.70. The topological polar surface area (TPSA) is 161 Å². The highest BCUT2D eigenvalue weighted by atomic mass is 32.2. The van der Waals surface area contributed by atoms with E-state index in [9.17, 15) is 22.9 Å². The van der Waals surface area contributed by atoms with Gasteiger partial charge in [0.05, 0.1) is 36.7 Å². The molecule has 0 fully saturated rings. The van der Waals surface area contributed by atoms with Crippen LogP contribution in [0.25, 0.3) is 33.3 Å². The molecule has 3 aromatic heterocycles. The second-order valence-corrected chi connectivity index (χ2v) is 11.8. The quantitative estimate of drug-likeness (QED) is 0.173. The first kappa shape index (κ1) is 30.0. The minimum absolute atomic E-state index is 0.171. The first-order chi connectivity index (χ1) is 21.6. The van der Waals surface area contributed by atoms with Gasteiger partial charge in [0.1, 0.15) is 10.4 Å². The molecule has 228 valence electrons. The Bertz CT molecular complexity index is 2180. The van der Waals surface area contributed by atoms with Crippen molar-refractivity contribution >= 4 is 43.8 Å². The van der Waals surface area contributed by atoms with Crippen molar-refractivity contribution in [3.05, 3.63) is 107 Å². The number of carbonyl (C=O) groups is 1. The van der Waals surface area contributed by atoms with Gasteiger partial charge in [0.15, 0.2) is 5.65 Å². The molecular weight excluding hydrogens is 596 g/mol. The molecular formula is C32H28N6O6S. The van der Waals surface area contributed by atoms with Crippen LogP contribution in [0.4, 0.5) is 5.69 Å². The number of benzene rings is 3. The van der Waals surface area contributed by atoms with E-state index < -0.39 is 27.5 Å². The molecule has 45 heavy (non-hydrogen) atoms. The molecule has 2 N–H and O–H groups in total. The van der Waals surface area contributed by atoms with Gasteiger partial charge in [-0.3, -0.25) is 19.2 Å². The lowest BCUT2D eigenvalue weighted by atomic mass is 10.0. The normalized spacial score (nSPS) is 11.7. The molecule has 0 unspecified atom stereocenters. The summed E-state index contributed by atoms with van der Waals surface area (Å²) in [5, 5.41) is 19.8. The third kappa shape index (κ3) is 6.14. The van der Waals surface area contributed by atoms with Crippen molar-refractivity contribution in [1.29, 1.82) is 0 Å². The van der Waals surface area contributed by atoms with Gasteiger partial charge >= 0.3 is 0 Å². The molecule has 6 aromatic rings. The number of anilines is 1. The SMILES string of the molecule is Cc1ccc(S(=O)(=O)O)c(N(OCCO)C(=O)c2ccc(-c3ccc4nnn(Cc5ccc6ncccc6c5)c4n3)cc2C)c1. The Balaban J connectivity index is 1.32. The fraction of sp³-hybridized carbons (Fsp3) is 0.156. The average Bonchev–Trinajstić information content (AvgIpc) is 3.42. The molecule has 6 rings (SSSR count). The van der Waals surface area contributed by atoms with Gasteiger partial charge in [0.2, 0.25) is 0 Å². The van der Waals surface area contributed by atoms with Gasteiger partial charge in [0.25, 0.3) is 16.0 Å². The third-order valence-electron chi connectivity index (χ3n) is 7.22. The molecule has 12 nitrogen and oxygen atoms in total. The van der Waals surface area contributed by atoms with Crippen molar-refractivity contribution in [2.45, 2.75) is 25.3 Å². The molecule has 3 heterocycles. The highest BCUT2D eigenvalue weighted by molar-refractivity contribution is 7.86. The maximum absolute atomic E-state index is 13.8. The van der Waals surface area contributed by atoms with Gasteiger partial charge in [-0.25, -0.2) is 9.67 Å². The first-order valence-corrected chi connectivity index (χ1v) is 15.4. The van der Waals surface area contributed by atoms with Crippen LogP contribution in [0, 0.1) is 13.8 Å². The predicted molar refractivity (Wildman–Crippen MR) is 167 cm³/mol. The Labute approximate surface area is 258 Å². The van der Waals surface area contributed by atoms with Crippen molar-refractivity contribution in [2.75, 3.05) is 18.3 Å². The molecule has 1 amide bonds. The summed E-state index contributed by atoms with van der Waals surface area (Å²) >= 11 is 0. The highest BCUT2D eigenvalue weighted by Crippen LogP contribution is 2.30. The van der Waals surface area contributed by atoms with Crippen LogP contribution < -0.4 is 5.06 Å². The summed E-state index contributed by atoms with van der Waals surface area (Å²) in [6, 6.07) is 22.8. The molecule has 0 radical (unpaired) electrons. The molecule has 0 saturated carbocycles. The second-order valence-electron chi connectivity index (χ2n) is 10.4. The molecule has 0 aliphatic rings. The molecule has 0 bridgehead atoms. The summed E-state index contributed by atoms with van der Waals surface area (Å²) in [5.74, 6) is -0.681. The van der Waals surface area contributed by atoms with Crippen molar-refractivity contribution in [1.82, 2.24) is 25.0 Å². The van der Waals surface area contributed by atoms with E-state index in [2.05, 4.69) is 21.4 Å². The summed E-state index contributed by atoms with van der Waals surface area (Å²) in [7, 11) is -4.70. The Kier molecular flexibility index (Phi) is 8.08. The summed E-state index contributed by atoms with van der Waals surface area (Å²) < 4.78 is 35.8. The number of fused-ring (bicyclic) bond motifs is 2. The minimum Gasteiger partial charge on any atom is -0.394 e. The number of hydrogen-bond donors (Lipinski definition) is 2. The van der Waals surface area contributed by atoms with Gasteiger partial charge in [0, 0.05) is 22.7 Å². The Morgan fingerprint density at radius 3 is 2.58 bits per heavy atom. The van der Waals surface area contributed by atoms with Crippen LogP contribution in [-0.4, -0.2) is 62.2 Å². The van der Waals surface area contributed by atoms with E-state index in [1.807, 2.05) is 36.4 Å². The number of aliphatic hydroxyl groups is 1. The molecule has 0 saturated heterocycles. The fourth-order valence-electron chi connectivity index (χ4n) is 5.06. The number of nitrogens with zero attached hydrogens (tertiary/aromatic N) is 6. The van der Waals surface area contributed by atoms with Gasteiger partial charge in [-0.05, 0) is 85.1 Å². The van der Waals surface area contributed by atoms with E-state index >= 15 is 0 Å². The number of aliphatic hydroxyl groups excluding tert-OH is 1. The monoisotopic (exact) mass is 624 g/mol. The van der Waals surface area contributed by atoms with Gasteiger partial charge in [-0.1, -0.05) is 29.5 Å². The lowest BCUT2D eigenvalue weighted by Crippen LogP contribution is -2.34. The Morgan fingerprint density at radius 1 is 0.978 bits per heavy atom. The van der Waals surface area contributed by atoms with Crippen LogP contribution in [-0.2, 0) is 21.5 Å². The summed E-state index contributed by atoms with van der Waals surface area (Å²) in [6.45, 7) is 3.19. The van der Waals surface area contributed by atoms with Gasteiger partial charge in [-0.15, -0.1) is 5.10 Å². The highest BCUT2D eigenvalue weighted by Gasteiger charge is 2.27. The summed E-state index contributed by atoms with van der Waals surface area (Å²) in [6.07, 6.45) is 1.76. The Hall–Kier alpha value is -5.08. The number of rotatable bonds is 9. The van der Waals surface area contributed by atoms with Crippen LogP contribution in [0.15, 0.2) is 90.0 Å². The zero-order valence-corrected chi connectivity index (χ0v) is 25.1. The molecule has 3 aromatic carbocycles. The molecule has 0 spiro atoms. The van der Waals surface area contributed by atoms with E-state index in [0.717, 1.165) is 27.1 Å². The van der Waals surface area contributed by atoms with Crippen molar-refractivity contribution in [2.24, 2.45) is 0 Å². The van der Waals surface area contributed by atoms with Crippen LogP contribution in [0.5, 0.6) is 0 Å². The number of hydroxylamine groups is 1. The van der Waals surface area contributed by atoms with E-state index in [-0.39, 0.29) is 17.9 Å². The number of pyridine rings is 2. The molecule has 0 atom stereocenters. The number of carbonyl (C=O) groups excluding carboxylic acids is 1. The standard InChI is InChI=1S/C32H28N6O6S/c1-20-5-12-30(45(41,42)43)29(16-20)38(44-15-14-39)32(40)25-8-7-24(17-21(25)2)27-10-11-28-31(34-27)37(36-35-28)19-22-6-9-26-23(18-22)4-3-13-33-26/h3-13,16-18,39H,14-15,19H2,1-2H3,(H,41,42,43). The largest absolute Gasteiger partial charge is 0.394 e. The second kappa shape index (κ2) is 12.1. The maximum Gasteiger partial charge on any atom is 0.296 e. The van der Waals surface area contributed by atoms with Crippen LogP contribution in [0.3, 0.4) is 0 Å². The van der Waals surface area contributed by atoms with Crippen LogP contribution >= 0.6 is 0 Å². The number of aryl methyl sites for hydroxylation is 2. The van der Waals surface area contributed by atoms with E-state index in [0.29, 0.717) is 34.5 Å². The van der Waals surface area contributed by atoms with Crippen LogP contribution in [0.2, 0.25) is 0 Å². The lowest BCUT2D eigenvalue weighted by molar-refractivity contribution is 0.0522. The summed E-state index contributed by atoms with van der Waals surface area (Å²) in [4.78, 5) is 28.0. The molecule has 0 aliphatic heterocycles. The average molecular weight is 625 g/mol. The van der Waals surface area contributed by atoms with E-state index in [1.54, 1.807) is 42.9 Å². The number of hydrogen-bond acceptors (Lipinski definition) is 9. The summed E-state index contributed by atoms with van der Waals surface area (Å²) in [5.41, 5.74) is 5.76. The first-order valence-electron chi connectivity index (χ1n) is 13.9. The molecule has 0 aliphatic carbocycles. The van der Waals surface area contributed by atoms with Crippen molar-refractivity contribution in [3.8, 4) is 11.3 Å². The maximum atomic E-state index is 13.8. The lowest BCUT2D eigenvalue weighted by Gasteiger charge is -2.24. The smallest absolute Gasteiger partial charge is 0.296 e. The van der Waals surface area contributed by atoms with E-state index in [1.165, 1.54) is 18.2 Å². The Morgan fingerprint density at radius 2 is 1.80 bits per heavy atom. The predicted octanol–water partition coefficient (Wildman–Crippen LogP) is 4.52. The van der Waals surface area contributed by atoms with E-state index in [4.69, 9.17) is 9.82 Å². The van der Waals surface area contributed by atoms with Gasteiger partial charge < -0.3 is 5.11 Å². The van der Waals surface area contributed by atoms with Crippen molar-refractivity contribution < 1.29 is 27.7 Å². The van der Waals surface area contributed by atoms with Crippen molar-refractivity contribution in [3.63, 3.8) is 0 Å².